The van der Waals surface area contributed by atoms with Crippen molar-refractivity contribution >= 4 is 12.0 Å². The molecule has 7 heteroatoms. The lowest BCUT2D eigenvalue weighted by atomic mass is 10.0. The number of alkyl carbamates (subject to hydrolysis) is 1. The molecule has 0 bridgehead atoms. The molecule has 0 aliphatic heterocycles. The van der Waals surface area contributed by atoms with Gasteiger partial charge in [-0.2, -0.15) is 0 Å². The third kappa shape index (κ3) is 8.66. The number of hydrogen-bond donors (Lipinski definition) is 3. The quantitative estimate of drug-likeness (QED) is 0.644. The maximum atomic E-state index is 12.5. The average molecular weight is 380 g/mol. The molecule has 0 radical (unpaired) electrons. The number of benzene rings is 1. The predicted octanol–water partition coefficient (Wildman–Crippen LogP) is 3.00. The molecule has 0 saturated heterocycles. The van der Waals surface area contributed by atoms with Gasteiger partial charge in [-0.15, -0.1) is 0 Å². The van der Waals surface area contributed by atoms with Crippen LogP contribution < -0.4 is 15.4 Å². The van der Waals surface area contributed by atoms with Crippen LogP contribution in [-0.2, 0) is 16.0 Å². The summed E-state index contributed by atoms with van der Waals surface area (Å²) >= 11 is 0. The molecule has 0 aliphatic rings. The summed E-state index contributed by atoms with van der Waals surface area (Å²) in [5, 5.41) is 15.3. The lowest BCUT2D eigenvalue weighted by Gasteiger charge is -2.24. The molecule has 152 valence electrons. The van der Waals surface area contributed by atoms with E-state index in [9.17, 15) is 14.7 Å². The second-order valence-corrected chi connectivity index (χ2v) is 7.88. The number of carbonyl (C=O) groups excluding carboxylic acids is 2. The first-order valence-corrected chi connectivity index (χ1v) is 9.15. The van der Waals surface area contributed by atoms with Crippen LogP contribution in [0.15, 0.2) is 18.2 Å². The van der Waals surface area contributed by atoms with Crippen LogP contribution in [0.1, 0.15) is 46.6 Å². The van der Waals surface area contributed by atoms with Crippen molar-refractivity contribution in [2.24, 2.45) is 5.92 Å². The van der Waals surface area contributed by atoms with E-state index in [0.717, 1.165) is 5.56 Å². The van der Waals surface area contributed by atoms with E-state index in [2.05, 4.69) is 10.6 Å². The SMILES string of the molecule is COc1ccc(CCNC(=O)[C@@H](CC(C)C)NC(=O)OC(C)(C)C)cc1O. The van der Waals surface area contributed by atoms with Gasteiger partial charge in [-0.3, -0.25) is 4.79 Å². The maximum Gasteiger partial charge on any atom is 0.408 e. The molecule has 0 saturated carbocycles. The van der Waals surface area contributed by atoms with E-state index in [0.29, 0.717) is 25.1 Å². The molecule has 3 N–H and O–H groups in total. The molecule has 27 heavy (non-hydrogen) atoms. The smallest absolute Gasteiger partial charge is 0.408 e. The number of nitrogens with one attached hydrogen (secondary N) is 2. The van der Waals surface area contributed by atoms with Gasteiger partial charge < -0.3 is 25.2 Å². The Labute approximate surface area is 161 Å². The van der Waals surface area contributed by atoms with Crippen LogP contribution in [0.5, 0.6) is 11.5 Å². The fourth-order valence-corrected chi connectivity index (χ4v) is 2.50. The molecule has 2 amide bonds. The predicted molar refractivity (Wildman–Crippen MR) is 104 cm³/mol. The van der Waals surface area contributed by atoms with Crippen LogP contribution in [-0.4, -0.2) is 42.4 Å². The number of carbonyl (C=O) groups is 2. The second-order valence-electron chi connectivity index (χ2n) is 7.88. The zero-order valence-corrected chi connectivity index (χ0v) is 17.1. The molecule has 1 aromatic carbocycles. The Hall–Kier alpha value is -2.44. The molecule has 0 heterocycles. The van der Waals surface area contributed by atoms with E-state index in [1.807, 2.05) is 19.9 Å². The largest absolute Gasteiger partial charge is 0.504 e. The molecule has 1 rings (SSSR count). The van der Waals surface area contributed by atoms with Gasteiger partial charge >= 0.3 is 6.09 Å². The highest BCUT2D eigenvalue weighted by atomic mass is 16.6. The fourth-order valence-electron chi connectivity index (χ4n) is 2.50. The monoisotopic (exact) mass is 380 g/mol. The van der Waals surface area contributed by atoms with E-state index in [-0.39, 0.29) is 17.6 Å². The van der Waals surface area contributed by atoms with Crippen molar-refractivity contribution in [1.82, 2.24) is 10.6 Å². The van der Waals surface area contributed by atoms with Gasteiger partial charge in [0.1, 0.15) is 11.6 Å². The van der Waals surface area contributed by atoms with Gasteiger partial charge in [0, 0.05) is 6.54 Å². The summed E-state index contributed by atoms with van der Waals surface area (Å²) in [6.07, 6.45) is 0.446. The van der Waals surface area contributed by atoms with Gasteiger partial charge in [-0.25, -0.2) is 4.79 Å². The van der Waals surface area contributed by atoms with Crippen molar-refractivity contribution in [3.05, 3.63) is 23.8 Å². The number of amides is 2. The summed E-state index contributed by atoms with van der Waals surface area (Å²) in [5.41, 5.74) is 0.244. The molecule has 1 aromatic rings. The Morgan fingerprint density at radius 2 is 1.89 bits per heavy atom. The Kier molecular flexibility index (Phi) is 8.40. The first-order chi connectivity index (χ1) is 12.5. The molecule has 0 unspecified atom stereocenters. The van der Waals surface area contributed by atoms with Crippen molar-refractivity contribution in [3.63, 3.8) is 0 Å². The number of rotatable bonds is 8. The summed E-state index contributed by atoms with van der Waals surface area (Å²) < 4.78 is 10.2. The number of ether oxygens (including phenoxy) is 2. The Balaban J connectivity index is 2.60. The summed E-state index contributed by atoms with van der Waals surface area (Å²) in [6.45, 7) is 9.67. The minimum atomic E-state index is -0.663. The summed E-state index contributed by atoms with van der Waals surface area (Å²) in [7, 11) is 1.49. The summed E-state index contributed by atoms with van der Waals surface area (Å²) in [5.74, 6) is 0.438. The topological polar surface area (TPSA) is 96.9 Å². The number of hydrogen-bond acceptors (Lipinski definition) is 5. The van der Waals surface area contributed by atoms with E-state index in [4.69, 9.17) is 9.47 Å². The minimum absolute atomic E-state index is 0.0607. The highest BCUT2D eigenvalue weighted by Gasteiger charge is 2.24. The van der Waals surface area contributed by atoms with Crippen molar-refractivity contribution in [1.29, 1.82) is 0 Å². The van der Waals surface area contributed by atoms with Gasteiger partial charge in [0.2, 0.25) is 5.91 Å². The van der Waals surface area contributed by atoms with Gasteiger partial charge in [-0.1, -0.05) is 19.9 Å². The van der Waals surface area contributed by atoms with Crippen molar-refractivity contribution < 1.29 is 24.2 Å². The van der Waals surface area contributed by atoms with Gasteiger partial charge in [0.25, 0.3) is 0 Å². The van der Waals surface area contributed by atoms with E-state index in [1.54, 1.807) is 32.9 Å². The number of methoxy groups -OCH3 is 1. The van der Waals surface area contributed by atoms with Crippen LogP contribution in [0, 0.1) is 5.92 Å². The minimum Gasteiger partial charge on any atom is -0.504 e. The van der Waals surface area contributed by atoms with Crippen molar-refractivity contribution in [3.8, 4) is 11.5 Å². The number of aromatic hydroxyl groups is 1. The third-order valence-corrected chi connectivity index (χ3v) is 3.67. The van der Waals surface area contributed by atoms with Crippen molar-refractivity contribution in [2.45, 2.75) is 59.1 Å². The molecular weight excluding hydrogens is 348 g/mol. The Morgan fingerprint density at radius 1 is 1.22 bits per heavy atom. The van der Waals surface area contributed by atoms with Crippen LogP contribution in [0.25, 0.3) is 0 Å². The first-order valence-electron chi connectivity index (χ1n) is 9.15. The molecule has 0 fully saturated rings. The molecule has 0 aromatic heterocycles. The maximum absolute atomic E-state index is 12.5. The van der Waals surface area contributed by atoms with Gasteiger partial charge in [-0.05, 0) is 57.2 Å². The number of phenolic OH excluding ortho intramolecular Hbond substituents is 1. The van der Waals surface area contributed by atoms with Gasteiger partial charge in [0.05, 0.1) is 7.11 Å². The third-order valence-electron chi connectivity index (χ3n) is 3.67. The van der Waals surface area contributed by atoms with Gasteiger partial charge in [0.15, 0.2) is 11.5 Å². The van der Waals surface area contributed by atoms with E-state index < -0.39 is 17.7 Å². The zero-order valence-electron chi connectivity index (χ0n) is 17.1. The summed E-state index contributed by atoms with van der Waals surface area (Å²) in [6, 6.07) is 4.45. The van der Waals surface area contributed by atoms with Crippen LogP contribution >= 0.6 is 0 Å². The zero-order chi connectivity index (χ0) is 20.6. The molecular formula is C20H32N2O5. The van der Waals surface area contributed by atoms with Crippen molar-refractivity contribution in [2.75, 3.05) is 13.7 Å². The second kappa shape index (κ2) is 10.0. The molecule has 1 atom stereocenters. The lowest BCUT2D eigenvalue weighted by molar-refractivity contribution is -0.123. The standard InChI is InChI=1S/C20H32N2O5/c1-13(2)11-15(22-19(25)27-20(3,4)5)18(24)21-10-9-14-7-8-17(26-6)16(23)12-14/h7-8,12-13,15,23H,9-11H2,1-6H3,(H,21,24)(H,22,25)/t15-/m1/s1. The first kappa shape index (κ1) is 22.6. The van der Waals surface area contributed by atoms with Crippen LogP contribution in [0.3, 0.4) is 0 Å². The van der Waals surface area contributed by atoms with E-state index >= 15 is 0 Å². The fraction of sp³-hybridized carbons (Fsp3) is 0.600. The normalized spacial score (nSPS) is 12.4. The Bertz CT molecular complexity index is 638. The molecule has 0 spiro atoms. The highest BCUT2D eigenvalue weighted by Crippen LogP contribution is 2.26. The van der Waals surface area contributed by atoms with Crippen LogP contribution in [0.2, 0.25) is 0 Å². The average Bonchev–Trinajstić information content (AvgIpc) is 2.52. The van der Waals surface area contributed by atoms with E-state index in [1.165, 1.54) is 7.11 Å². The Morgan fingerprint density at radius 3 is 2.41 bits per heavy atom. The summed E-state index contributed by atoms with van der Waals surface area (Å²) in [4.78, 5) is 24.5. The van der Waals surface area contributed by atoms with Crippen LogP contribution in [0.4, 0.5) is 4.79 Å². The highest BCUT2D eigenvalue weighted by molar-refractivity contribution is 5.85. The number of phenols is 1. The molecule has 7 nitrogen and oxygen atoms in total. The molecule has 0 aliphatic carbocycles. The lowest BCUT2D eigenvalue weighted by Crippen LogP contribution is -2.49.